The summed E-state index contributed by atoms with van der Waals surface area (Å²) in [7, 11) is 0. The van der Waals surface area contributed by atoms with Gasteiger partial charge in [0.1, 0.15) is 0 Å². The molecule has 1 nitrogen and oxygen atoms in total. The first-order chi connectivity index (χ1) is 8.89. The van der Waals surface area contributed by atoms with Gasteiger partial charge in [-0.1, -0.05) is 48.5 Å². The molecule has 2 atom stereocenters. The minimum atomic E-state index is 0.327. The molecule has 0 bridgehead atoms. The van der Waals surface area contributed by atoms with Crippen molar-refractivity contribution < 1.29 is 0 Å². The Kier molecular flexibility index (Phi) is 1.40. The smallest absolute Gasteiger partial charge is 0.0176 e. The van der Waals surface area contributed by atoms with Crippen LogP contribution in [0.3, 0.4) is 0 Å². The van der Waals surface area contributed by atoms with Crippen LogP contribution < -0.4 is 5.73 Å². The molecule has 1 heteroatoms. The Morgan fingerprint density at radius 2 is 1.22 bits per heavy atom. The van der Waals surface area contributed by atoms with E-state index < -0.39 is 0 Å². The van der Waals surface area contributed by atoms with Gasteiger partial charge in [0.05, 0.1) is 0 Å². The van der Waals surface area contributed by atoms with Crippen LogP contribution in [0.25, 0.3) is 0 Å². The van der Waals surface area contributed by atoms with E-state index >= 15 is 0 Å². The minimum absolute atomic E-state index is 0.327. The molecule has 0 amide bonds. The third kappa shape index (κ3) is 0.733. The van der Waals surface area contributed by atoms with Crippen LogP contribution in [0.5, 0.6) is 0 Å². The van der Waals surface area contributed by atoms with Crippen molar-refractivity contribution in [2.75, 3.05) is 6.54 Å². The van der Waals surface area contributed by atoms with Crippen molar-refractivity contribution in [1.29, 1.82) is 0 Å². The van der Waals surface area contributed by atoms with Gasteiger partial charge in [-0.25, -0.2) is 0 Å². The lowest BCUT2D eigenvalue weighted by molar-refractivity contribution is 0.476. The van der Waals surface area contributed by atoms with Gasteiger partial charge < -0.3 is 5.73 Å². The standard InChI is InChI=1S/C17H15N/c18-9-17-14-10-5-1-3-7-12(10)15(17)16(17)13-8-4-2-6-11(13)14/h1-8,14-16H,9,18H2/t14?,15-,16-,17?/m0/s1. The van der Waals surface area contributed by atoms with Crippen LogP contribution in [0.2, 0.25) is 0 Å². The maximum absolute atomic E-state index is 6.19. The predicted octanol–water partition coefficient (Wildman–Crippen LogP) is 2.97. The lowest BCUT2D eigenvalue weighted by Gasteiger charge is -2.19. The van der Waals surface area contributed by atoms with E-state index in [4.69, 9.17) is 5.73 Å². The lowest BCUT2D eigenvalue weighted by atomic mass is 9.85. The summed E-state index contributed by atoms with van der Waals surface area (Å²) in [6.45, 7) is 0.816. The van der Waals surface area contributed by atoms with Crippen LogP contribution in [0, 0.1) is 5.41 Å². The normalized spacial score (nSPS) is 37.1. The molecule has 0 heterocycles. The second kappa shape index (κ2) is 2.70. The third-order valence-electron chi connectivity index (χ3n) is 5.56. The van der Waals surface area contributed by atoms with Crippen LogP contribution in [0.1, 0.15) is 40.0 Å². The molecule has 88 valence electrons. The Morgan fingerprint density at radius 3 is 1.67 bits per heavy atom. The summed E-state index contributed by atoms with van der Waals surface area (Å²) >= 11 is 0. The third-order valence-corrected chi connectivity index (χ3v) is 5.56. The molecular weight excluding hydrogens is 218 g/mol. The number of nitrogens with two attached hydrogens (primary N) is 1. The monoisotopic (exact) mass is 233 g/mol. The van der Waals surface area contributed by atoms with Crippen molar-refractivity contribution in [2.24, 2.45) is 11.1 Å². The molecule has 2 aromatic carbocycles. The summed E-state index contributed by atoms with van der Waals surface area (Å²) in [5, 5.41) is 0. The van der Waals surface area contributed by atoms with E-state index in [2.05, 4.69) is 48.5 Å². The first-order valence-electron chi connectivity index (χ1n) is 6.77. The van der Waals surface area contributed by atoms with Crippen molar-refractivity contribution in [3.8, 4) is 0 Å². The Morgan fingerprint density at radius 1 is 0.778 bits per heavy atom. The van der Waals surface area contributed by atoms with E-state index in [0.29, 0.717) is 23.2 Å². The van der Waals surface area contributed by atoms with E-state index in [1.54, 1.807) is 11.1 Å². The maximum atomic E-state index is 6.19. The van der Waals surface area contributed by atoms with Crippen molar-refractivity contribution in [3.05, 3.63) is 70.8 Å². The average molecular weight is 233 g/mol. The van der Waals surface area contributed by atoms with Gasteiger partial charge in [-0.05, 0) is 22.3 Å². The number of benzene rings is 2. The fourth-order valence-electron chi connectivity index (χ4n) is 4.99. The van der Waals surface area contributed by atoms with Gasteiger partial charge in [0.25, 0.3) is 0 Å². The topological polar surface area (TPSA) is 26.0 Å². The van der Waals surface area contributed by atoms with Gasteiger partial charge in [-0.3, -0.25) is 0 Å². The Balaban J connectivity index is 1.86. The summed E-state index contributed by atoms with van der Waals surface area (Å²) in [4.78, 5) is 0. The molecule has 1 saturated carbocycles. The van der Waals surface area contributed by atoms with Crippen molar-refractivity contribution in [2.45, 2.75) is 17.8 Å². The van der Waals surface area contributed by atoms with Gasteiger partial charge in [0.15, 0.2) is 0 Å². The number of hydrogen-bond acceptors (Lipinski definition) is 1. The molecule has 0 aliphatic heterocycles. The molecule has 0 aromatic heterocycles. The first-order valence-corrected chi connectivity index (χ1v) is 6.77. The Bertz CT molecular complexity index is 619. The highest BCUT2D eigenvalue weighted by molar-refractivity contribution is 5.67. The highest BCUT2D eigenvalue weighted by atomic mass is 14.8. The molecule has 3 aliphatic carbocycles. The van der Waals surface area contributed by atoms with Crippen LogP contribution in [-0.4, -0.2) is 6.54 Å². The molecule has 1 fully saturated rings. The van der Waals surface area contributed by atoms with Crippen LogP contribution in [0.15, 0.2) is 48.5 Å². The van der Waals surface area contributed by atoms with E-state index in [0.717, 1.165) is 6.54 Å². The molecule has 3 aliphatic rings. The molecule has 0 unspecified atom stereocenters. The van der Waals surface area contributed by atoms with Gasteiger partial charge in [-0.2, -0.15) is 0 Å². The SMILES string of the molecule is NCC12C3c4ccccc4[C@H]1[C@@H]2c1ccccc13. The highest BCUT2D eigenvalue weighted by Gasteiger charge is 2.76. The van der Waals surface area contributed by atoms with Crippen molar-refractivity contribution in [3.63, 3.8) is 0 Å². The van der Waals surface area contributed by atoms with E-state index in [1.165, 1.54) is 11.1 Å². The first kappa shape index (κ1) is 9.35. The average Bonchev–Trinajstić information content (AvgIpc) is 2.93. The molecule has 2 N–H and O–H groups in total. The van der Waals surface area contributed by atoms with Crippen LogP contribution in [-0.2, 0) is 0 Å². The minimum Gasteiger partial charge on any atom is -0.330 e. The number of fused-ring (bicyclic) bond motifs is 7. The van der Waals surface area contributed by atoms with E-state index in [9.17, 15) is 0 Å². The summed E-state index contributed by atoms with van der Waals surface area (Å²) in [5.41, 5.74) is 12.7. The number of rotatable bonds is 1. The zero-order valence-electron chi connectivity index (χ0n) is 10.1. The van der Waals surface area contributed by atoms with Gasteiger partial charge in [0.2, 0.25) is 0 Å². The van der Waals surface area contributed by atoms with Gasteiger partial charge in [-0.15, -0.1) is 0 Å². The molecule has 0 saturated heterocycles. The zero-order chi connectivity index (χ0) is 11.9. The predicted molar refractivity (Wildman–Crippen MR) is 71.7 cm³/mol. The summed E-state index contributed by atoms with van der Waals surface area (Å²) in [6, 6.07) is 17.9. The van der Waals surface area contributed by atoms with Crippen LogP contribution in [0.4, 0.5) is 0 Å². The zero-order valence-corrected chi connectivity index (χ0v) is 10.1. The Hall–Kier alpha value is -1.60. The maximum Gasteiger partial charge on any atom is 0.0176 e. The second-order valence-corrected chi connectivity index (χ2v) is 5.96. The lowest BCUT2D eigenvalue weighted by Crippen LogP contribution is -2.21. The molecule has 0 spiro atoms. The van der Waals surface area contributed by atoms with E-state index in [-0.39, 0.29) is 0 Å². The molecule has 0 radical (unpaired) electrons. The molecular formula is C17H15N. The van der Waals surface area contributed by atoms with Gasteiger partial charge in [0, 0.05) is 29.7 Å². The molecule has 2 aromatic rings. The fourth-order valence-corrected chi connectivity index (χ4v) is 4.99. The van der Waals surface area contributed by atoms with Crippen molar-refractivity contribution in [1.82, 2.24) is 0 Å². The summed E-state index contributed by atoms with van der Waals surface area (Å²) in [6.07, 6.45) is 0. The summed E-state index contributed by atoms with van der Waals surface area (Å²) in [5.74, 6) is 1.95. The largest absolute Gasteiger partial charge is 0.330 e. The second-order valence-electron chi connectivity index (χ2n) is 5.96. The van der Waals surface area contributed by atoms with Crippen molar-refractivity contribution >= 4 is 0 Å². The highest BCUT2D eigenvalue weighted by Crippen LogP contribution is 2.85. The number of hydrogen-bond donors (Lipinski definition) is 1. The fraction of sp³-hybridized carbons (Fsp3) is 0.294. The molecule has 5 rings (SSSR count). The Labute approximate surface area is 107 Å². The van der Waals surface area contributed by atoms with Gasteiger partial charge >= 0.3 is 0 Å². The van der Waals surface area contributed by atoms with Crippen LogP contribution >= 0.6 is 0 Å². The quantitative estimate of drug-likeness (QED) is 0.805. The van der Waals surface area contributed by atoms with E-state index in [1.807, 2.05) is 0 Å². The molecule has 18 heavy (non-hydrogen) atoms. The summed E-state index contributed by atoms with van der Waals surface area (Å²) < 4.78 is 0.